The number of ether oxygens (including phenoxy) is 2. The van der Waals surface area contributed by atoms with Gasteiger partial charge in [0, 0.05) is 14.0 Å². The van der Waals surface area contributed by atoms with E-state index in [-0.39, 0.29) is 6.61 Å². The molecule has 0 saturated carbocycles. The Morgan fingerprint density at radius 1 is 1.14 bits per heavy atom. The van der Waals surface area contributed by atoms with Gasteiger partial charge in [-0.3, -0.25) is 13.2 Å². The standard InChI is InChI=1S/C10H19NO9S2/c1-6(12)11-8-7(19-21(3,13)14)5-18-10(17-2)9(8)20-22(4,15)16/h7-10H,5H2,1-4H3,(H,11,12)/t7-,8+,9-,10+/m1/s1. The van der Waals surface area contributed by atoms with Crippen LogP contribution in [0.4, 0.5) is 0 Å². The third-order valence-corrected chi connectivity index (χ3v) is 3.80. The first-order valence-electron chi connectivity index (χ1n) is 6.11. The minimum Gasteiger partial charge on any atom is -0.353 e. The van der Waals surface area contributed by atoms with Crippen LogP contribution in [-0.2, 0) is 42.9 Å². The van der Waals surface area contributed by atoms with Crippen LogP contribution in [0.5, 0.6) is 0 Å². The molecule has 0 aromatic rings. The van der Waals surface area contributed by atoms with Gasteiger partial charge in [-0.25, -0.2) is 0 Å². The first-order valence-corrected chi connectivity index (χ1v) is 9.74. The molecule has 1 aliphatic rings. The monoisotopic (exact) mass is 361 g/mol. The Hall–Kier alpha value is -0.790. The second-order valence-corrected chi connectivity index (χ2v) is 7.97. The molecule has 0 unspecified atom stereocenters. The topological polar surface area (TPSA) is 134 Å². The van der Waals surface area contributed by atoms with Crippen LogP contribution >= 0.6 is 0 Å². The van der Waals surface area contributed by atoms with Crippen LogP contribution in [0.15, 0.2) is 0 Å². The third kappa shape index (κ3) is 6.14. The van der Waals surface area contributed by atoms with E-state index in [1.165, 1.54) is 14.0 Å². The van der Waals surface area contributed by atoms with Crippen molar-refractivity contribution in [3.05, 3.63) is 0 Å². The number of nitrogens with one attached hydrogen (secondary N) is 1. The summed E-state index contributed by atoms with van der Waals surface area (Å²) in [6.07, 6.45) is -1.94. The van der Waals surface area contributed by atoms with E-state index in [2.05, 4.69) is 5.32 Å². The van der Waals surface area contributed by atoms with Crippen molar-refractivity contribution in [2.45, 2.75) is 31.5 Å². The first-order chi connectivity index (χ1) is 9.93. The van der Waals surface area contributed by atoms with E-state index in [0.29, 0.717) is 0 Å². The number of methoxy groups -OCH3 is 1. The Bertz CT molecular complexity index is 600. The molecule has 1 N–H and O–H groups in total. The smallest absolute Gasteiger partial charge is 0.264 e. The summed E-state index contributed by atoms with van der Waals surface area (Å²) < 4.78 is 65.2. The van der Waals surface area contributed by atoms with Crippen molar-refractivity contribution >= 4 is 26.1 Å². The van der Waals surface area contributed by atoms with Crippen LogP contribution in [0.2, 0.25) is 0 Å². The van der Waals surface area contributed by atoms with Crippen molar-refractivity contribution in [2.24, 2.45) is 0 Å². The van der Waals surface area contributed by atoms with Crippen molar-refractivity contribution in [1.82, 2.24) is 5.32 Å². The summed E-state index contributed by atoms with van der Waals surface area (Å²) in [5.41, 5.74) is 0. The summed E-state index contributed by atoms with van der Waals surface area (Å²) >= 11 is 0. The number of amides is 1. The summed E-state index contributed by atoms with van der Waals surface area (Å²) in [6, 6.07) is -1.10. The van der Waals surface area contributed by atoms with Gasteiger partial charge in [-0.15, -0.1) is 0 Å². The molecule has 1 rings (SSSR count). The molecule has 1 saturated heterocycles. The van der Waals surface area contributed by atoms with E-state index in [4.69, 9.17) is 17.8 Å². The SMILES string of the molecule is CO[C@H]1OC[C@@H](OS(C)(=O)=O)[C@H](NC(C)=O)[C@H]1OS(C)(=O)=O. The van der Waals surface area contributed by atoms with Crippen molar-refractivity contribution in [3.8, 4) is 0 Å². The zero-order valence-corrected chi connectivity index (χ0v) is 14.1. The van der Waals surface area contributed by atoms with Gasteiger partial charge in [-0.2, -0.15) is 16.8 Å². The minimum absolute atomic E-state index is 0.236. The summed E-state index contributed by atoms with van der Waals surface area (Å²) in [7, 11) is -6.52. The summed E-state index contributed by atoms with van der Waals surface area (Å²) in [5.74, 6) is -0.522. The minimum atomic E-state index is -3.92. The Morgan fingerprint density at radius 2 is 1.68 bits per heavy atom. The molecular weight excluding hydrogens is 342 g/mol. The van der Waals surface area contributed by atoms with Crippen molar-refractivity contribution < 1.29 is 39.5 Å². The Labute approximate surface area is 129 Å². The van der Waals surface area contributed by atoms with E-state index >= 15 is 0 Å². The normalized spacial score (nSPS) is 30.0. The molecule has 130 valence electrons. The number of hydrogen-bond acceptors (Lipinski definition) is 9. The van der Waals surface area contributed by atoms with Crippen molar-refractivity contribution in [2.75, 3.05) is 26.2 Å². The first kappa shape index (κ1) is 19.3. The number of carbonyl (C=O) groups is 1. The molecule has 0 spiro atoms. The van der Waals surface area contributed by atoms with E-state index < -0.39 is 50.7 Å². The van der Waals surface area contributed by atoms with Gasteiger partial charge in [-0.1, -0.05) is 0 Å². The molecule has 1 aliphatic heterocycles. The van der Waals surface area contributed by atoms with Crippen molar-refractivity contribution in [1.29, 1.82) is 0 Å². The molecule has 0 radical (unpaired) electrons. The molecule has 0 aromatic heterocycles. The number of hydrogen-bond donors (Lipinski definition) is 1. The van der Waals surface area contributed by atoms with Crippen LogP contribution < -0.4 is 5.32 Å². The zero-order chi connectivity index (χ0) is 17.1. The van der Waals surface area contributed by atoms with Crippen LogP contribution in [-0.4, -0.2) is 73.5 Å². The summed E-state index contributed by atoms with van der Waals surface area (Å²) in [6.45, 7) is 0.951. The van der Waals surface area contributed by atoms with Gasteiger partial charge in [0.25, 0.3) is 20.2 Å². The number of carbonyl (C=O) groups excluding carboxylic acids is 1. The predicted molar refractivity (Wildman–Crippen MR) is 73.8 cm³/mol. The lowest BCUT2D eigenvalue weighted by Crippen LogP contribution is -2.62. The highest BCUT2D eigenvalue weighted by Gasteiger charge is 2.46. The highest BCUT2D eigenvalue weighted by Crippen LogP contribution is 2.23. The Morgan fingerprint density at radius 3 is 2.09 bits per heavy atom. The Balaban J connectivity index is 3.13. The fourth-order valence-electron chi connectivity index (χ4n) is 2.00. The lowest BCUT2D eigenvalue weighted by atomic mass is 10.0. The molecule has 0 aromatic carbocycles. The lowest BCUT2D eigenvalue weighted by Gasteiger charge is -2.40. The third-order valence-electron chi connectivity index (χ3n) is 2.63. The van der Waals surface area contributed by atoms with Crippen LogP contribution in [0.3, 0.4) is 0 Å². The van der Waals surface area contributed by atoms with Gasteiger partial charge >= 0.3 is 0 Å². The van der Waals surface area contributed by atoms with Gasteiger partial charge in [0.1, 0.15) is 6.10 Å². The molecule has 12 heteroatoms. The lowest BCUT2D eigenvalue weighted by molar-refractivity contribution is -0.223. The highest BCUT2D eigenvalue weighted by atomic mass is 32.2. The average molecular weight is 361 g/mol. The molecule has 1 heterocycles. The van der Waals surface area contributed by atoms with Gasteiger partial charge < -0.3 is 14.8 Å². The van der Waals surface area contributed by atoms with Crippen molar-refractivity contribution in [3.63, 3.8) is 0 Å². The van der Waals surface area contributed by atoms with E-state index in [9.17, 15) is 21.6 Å². The highest BCUT2D eigenvalue weighted by molar-refractivity contribution is 7.86. The number of rotatable bonds is 6. The van der Waals surface area contributed by atoms with E-state index in [1.807, 2.05) is 0 Å². The van der Waals surface area contributed by atoms with Gasteiger partial charge in [-0.05, 0) is 0 Å². The van der Waals surface area contributed by atoms with Crippen LogP contribution in [0, 0.1) is 0 Å². The fourth-order valence-corrected chi connectivity index (χ4v) is 3.24. The van der Waals surface area contributed by atoms with Crippen LogP contribution in [0.25, 0.3) is 0 Å². The van der Waals surface area contributed by atoms with Gasteiger partial charge in [0.2, 0.25) is 5.91 Å². The maximum atomic E-state index is 11.4. The van der Waals surface area contributed by atoms with E-state index in [1.54, 1.807) is 0 Å². The second-order valence-electron chi connectivity index (χ2n) is 4.77. The molecule has 1 amide bonds. The van der Waals surface area contributed by atoms with Gasteiger partial charge in [0.15, 0.2) is 12.4 Å². The molecule has 4 atom stereocenters. The maximum absolute atomic E-state index is 11.4. The second kappa shape index (κ2) is 7.19. The molecule has 10 nitrogen and oxygen atoms in total. The maximum Gasteiger partial charge on any atom is 0.264 e. The summed E-state index contributed by atoms with van der Waals surface area (Å²) in [5, 5.41) is 2.41. The molecule has 0 bridgehead atoms. The zero-order valence-electron chi connectivity index (χ0n) is 12.5. The van der Waals surface area contributed by atoms with E-state index in [0.717, 1.165) is 12.5 Å². The quantitative estimate of drug-likeness (QED) is 0.543. The molecular formula is C10H19NO9S2. The molecule has 0 aliphatic carbocycles. The van der Waals surface area contributed by atoms with Gasteiger partial charge in [0.05, 0.1) is 25.2 Å². The largest absolute Gasteiger partial charge is 0.353 e. The average Bonchev–Trinajstić information content (AvgIpc) is 2.29. The summed E-state index contributed by atoms with van der Waals surface area (Å²) in [4.78, 5) is 11.3. The predicted octanol–water partition coefficient (Wildman–Crippen LogP) is -1.82. The fraction of sp³-hybridized carbons (Fsp3) is 0.900. The Kier molecular flexibility index (Phi) is 6.29. The molecule has 1 fully saturated rings. The molecule has 22 heavy (non-hydrogen) atoms. The van der Waals surface area contributed by atoms with Crippen LogP contribution in [0.1, 0.15) is 6.92 Å².